The molecule has 1 N–H and O–H groups in total. The molecule has 1 heterocycles. The molecule has 1 aliphatic rings. The van der Waals surface area contributed by atoms with Crippen LogP contribution in [0.1, 0.15) is 23.2 Å². The third-order valence-electron chi connectivity index (χ3n) is 3.58. The van der Waals surface area contributed by atoms with Crippen molar-refractivity contribution >= 4 is 29.9 Å². The second-order valence-electron chi connectivity index (χ2n) is 4.89. The molecule has 1 fully saturated rings. The Balaban J connectivity index is 0.00000200. The van der Waals surface area contributed by atoms with Gasteiger partial charge in [-0.2, -0.15) is 0 Å². The molecule has 0 spiro atoms. The molecule has 0 bridgehead atoms. The lowest BCUT2D eigenvalue weighted by atomic mass is 9.96. The summed E-state index contributed by atoms with van der Waals surface area (Å²) in [7, 11) is 1.93. The van der Waals surface area contributed by atoms with Gasteiger partial charge in [0.2, 0.25) is 0 Å². The van der Waals surface area contributed by atoms with Crippen LogP contribution in [0.3, 0.4) is 0 Å². The lowest BCUT2D eigenvalue weighted by Crippen LogP contribution is -2.40. The quantitative estimate of drug-likeness (QED) is 0.928. The van der Waals surface area contributed by atoms with Crippen LogP contribution in [0.2, 0.25) is 5.02 Å². The van der Waals surface area contributed by atoms with Crippen molar-refractivity contribution in [1.29, 1.82) is 0 Å². The Bertz CT molecular complexity index is 462. The minimum Gasteiger partial charge on any atom is -0.339 e. The van der Waals surface area contributed by atoms with Crippen molar-refractivity contribution in [3.05, 3.63) is 34.6 Å². The zero-order valence-electron chi connectivity index (χ0n) is 11.4. The molecule has 1 aromatic carbocycles. The molecule has 2 rings (SSSR count). The topological polar surface area (TPSA) is 32.3 Å². The van der Waals surface area contributed by atoms with E-state index in [1.165, 1.54) is 12.1 Å². The van der Waals surface area contributed by atoms with Crippen LogP contribution in [0.15, 0.2) is 18.2 Å². The normalized spacial score (nSPS) is 15.8. The maximum atomic E-state index is 13.4. The molecule has 0 atom stereocenters. The minimum atomic E-state index is -0.544. The maximum absolute atomic E-state index is 13.4. The van der Waals surface area contributed by atoms with Crippen LogP contribution in [0.4, 0.5) is 4.39 Å². The number of carbonyl (C=O) groups is 1. The fourth-order valence-electron chi connectivity index (χ4n) is 2.47. The van der Waals surface area contributed by atoms with E-state index >= 15 is 0 Å². The fourth-order valence-corrected chi connectivity index (χ4v) is 2.67. The number of hydrogen-bond donors (Lipinski definition) is 1. The predicted octanol–water partition coefficient (Wildman–Crippen LogP) is 2.97. The lowest BCUT2D eigenvalue weighted by molar-refractivity contribution is 0.0690. The molecule has 20 heavy (non-hydrogen) atoms. The van der Waals surface area contributed by atoms with E-state index in [0.29, 0.717) is 19.0 Å². The number of piperidine rings is 1. The number of halogens is 3. The number of carbonyl (C=O) groups excluding carboxylic acids is 1. The van der Waals surface area contributed by atoms with E-state index in [4.69, 9.17) is 11.6 Å². The third-order valence-corrected chi connectivity index (χ3v) is 3.96. The molecule has 1 aliphatic heterocycles. The Labute approximate surface area is 129 Å². The Morgan fingerprint density at radius 2 is 2.10 bits per heavy atom. The zero-order valence-corrected chi connectivity index (χ0v) is 12.9. The van der Waals surface area contributed by atoms with E-state index in [1.807, 2.05) is 7.05 Å². The molecule has 1 saturated heterocycles. The number of likely N-dealkylation sites (tertiary alicyclic amines) is 1. The molecular weight excluding hydrogens is 302 g/mol. The summed E-state index contributed by atoms with van der Waals surface area (Å²) in [5.74, 6) is -0.109. The molecule has 0 aliphatic carbocycles. The lowest BCUT2D eigenvalue weighted by Gasteiger charge is -2.32. The van der Waals surface area contributed by atoms with E-state index in [-0.39, 0.29) is 28.9 Å². The zero-order chi connectivity index (χ0) is 13.8. The van der Waals surface area contributed by atoms with Gasteiger partial charge in [0.1, 0.15) is 5.82 Å². The van der Waals surface area contributed by atoms with Gasteiger partial charge in [-0.05, 0) is 44.5 Å². The minimum absolute atomic E-state index is 0. The number of rotatable bonds is 3. The molecule has 112 valence electrons. The van der Waals surface area contributed by atoms with Gasteiger partial charge >= 0.3 is 0 Å². The first kappa shape index (κ1) is 17.2. The second kappa shape index (κ2) is 7.81. The molecule has 0 aromatic heterocycles. The SMILES string of the molecule is CNCC1CCN(C(=O)c2cccc(F)c2Cl)CC1.Cl. The largest absolute Gasteiger partial charge is 0.339 e. The summed E-state index contributed by atoms with van der Waals surface area (Å²) >= 11 is 5.85. The van der Waals surface area contributed by atoms with Gasteiger partial charge < -0.3 is 10.2 Å². The maximum Gasteiger partial charge on any atom is 0.255 e. The fraction of sp³-hybridized carbons (Fsp3) is 0.500. The summed E-state index contributed by atoms with van der Waals surface area (Å²) in [4.78, 5) is 14.1. The van der Waals surface area contributed by atoms with Crippen molar-refractivity contribution < 1.29 is 9.18 Å². The van der Waals surface area contributed by atoms with Gasteiger partial charge in [-0.3, -0.25) is 4.79 Å². The van der Waals surface area contributed by atoms with Gasteiger partial charge in [0.25, 0.3) is 5.91 Å². The van der Waals surface area contributed by atoms with Crippen molar-refractivity contribution in [1.82, 2.24) is 10.2 Å². The van der Waals surface area contributed by atoms with Gasteiger partial charge in [0, 0.05) is 13.1 Å². The summed E-state index contributed by atoms with van der Waals surface area (Å²) in [5, 5.41) is 3.08. The summed E-state index contributed by atoms with van der Waals surface area (Å²) < 4.78 is 13.4. The van der Waals surface area contributed by atoms with Crippen LogP contribution in [-0.2, 0) is 0 Å². The standard InChI is InChI=1S/C14H18ClFN2O.ClH/c1-17-9-10-5-7-18(8-6-10)14(19)11-3-2-4-12(16)13(11)15;/h2-4,10,17H,5-9H2,1H3;1H. The molecule has 1 aromatic rings. The van der Waals surface area contributed by atoms with Crippen LogP contribution < -0.4 is 5.32 Å². The Kier molecular flexibility index (Phi) is 6.72. The van der Waals surface area contributed by atoms with Crippen molar-refractivity contribution in [3.8, 4) is 0 Å². The number of nitrogens with zero attached hydrogens (tertiary/aromatic N) is 1. The van der Waals surface area contributed by atoms with Gasteiger partial charge in [-0.25, -0.2) is 4.39 Å². The Morgan fingerprint density at radius 3 is 2.70 bits per heavy atom. The first-order chi connectivity index (χ1) is 9.13. The summed E-state index contributed by atoms with van der Waals surface area (Å²) in [6.07, 6.45) is 1.94. The monoisotopic (exact) mass is 320 g/mol. The summed E-state index contributed by atoms with van der Waals surface area (Å²) in [6.45, 7) is 2.39. The number of hydrogen-bond acceptors (Lipinski definition) is 2. The molecule has 0 radical (unpaired) electrons. The van der Waals surface area contributed by atoms with E-state index in [9.17, 15) is 9.18 Å². The number of benzene rings is 1. The van der Waals surface area contributed by atoms with E-state index in [1.54, 1.807) is 11.0 Å². The highest BCUT2D eigenvalue weighted by atomic mass is 35.5. The highest BCUT2D eigenvalue weighted by Gasteiger charge is 2.25. The van der Waals surface area contributed by atoms with Crippen LogP contribution in [0.25, 0.3) is 0 Å². The summed E-state index contributed by atoms with van der Waals surface area (Å²) in [5.41, 5.74) is 0.258. The van der Waals surface area contributed by atoms with Crippen molar-refractivity contribution in [2.75, 3.05) is 26.7 Å². The van der Waals surface area contributed by atoms with E-state index in [2.05, 4.69) is 5.32 Å². The third kappa shape index (κ3) is 3.84. The number of nitrogens with one attached hydrogen (secondary N) is 1. The van der Waals surface area contributed by atoms with Gasteiger partial charge in [0.05, 0.1) is 10.6 Å². The average molecular weight is 321 g/mol. The molecule has 1 amide bonds. The highest BCUT2D eigenvalue weighted by Crippen LogP contribution is 2.24. The first-order valence-electron chi connectivity index (χ1n) is 6.51. The highest BCUT2D eigenvalue weighted by molar-refractivity contribution is 6.34. The second-order valence-corrected chi connectivity index (χ2v) is 5.27. The van der Waals surface area contributed by atoms with Gasteiger partial charge in [-0.15, -0.1) is 12.4 Å². The molecule has 6 heteroatoms. The first-order valence-corrected chi connectivity index (χ1v) is 6.89. The van der Waals surface area contributed by atoms with Crippen LogP contribution in [0.5, 0.6) is 0 Å². The van der Waals surface area contributed by atoms with Crippen molar-refractivity contribution in [2.45, 2.75) is 12.8 Å². The van der Waals surface area contributed by atoms with Gasteiger partial charge in [0.15, 0.2) is 0 Å². The summed E-state index contributed by atoms with van der Waals surface area (Å²) in [6, 6.07) is 4.36. The Morgan fingerprint density at radius 1 is 1.45 bits per heavy atom. The molecule has 0 unspecified atom stereocenters. The van der Waals surface area contributed by atoms with Crippen LogP contribution >= 0.6 is 24.0 Å². The van der Waals surface area contributed by atoms with E-state index in [0.717, 1.165) is 19.4 Å². The van der Waals surface area contributed by atoms with Crippen molar-refractivity contribution in [2.24, 2.45) is 5.92 Å². The van der Waals surface area contributed by atoms with Crippen molar-refractivity contribution in [3.63, 3.8) is 0 Å². The molecular formula is C14H19Cl2FN2O. The Hall–Kier alpha value is -0.840. The number of amides is 1. The van der Waals surface area contributed by atoms with Crippen LogP contribution in [-0.4, -0.2) is 37.5 Å². The predicted molar refractivity (Wildman–Crippen MR) is 81.2 cm³/mol. The van der Waals surface area contributed by atoms with Gasteiger partial charge in [-0.1, -0.05) is 17.7 Å². The molecule has 3 nitrogen and oxygen atoms in total. The molecule has 0 saturated carbocycles. The smallest absolute Gasteiger partial charge is 0.255 e. The average Bonchev–Trinajstić information content (AvgIpc) is 2.42. The van der Waals surface area contributed by atoms with Crippen LogP contribution in [0, 0.1) is 11.7 Å². The van der Waals surface area contributed by atoms with E-state index < -0.39 is 5.82 Å².